The molecule has 0 radical (unpaired) electrons. The minimum absolute atomic E-state index is 0.0472. The van der Waals surface area contributed by atoms with Crippen LogP contribution in [0.25, 0.3) is 5.76 Å². The highest BCUT2D eigenvalue weighted by molar-refractivity contribution is 6.51. The summed E-state index contributed by atoms with van der Waals surface area (Å²) in [5.41, 5.74) is 4.47. The number of anilines is 2. The quantitative estimate of drug-likeness (QED) is 0.186. The molecule has 1 unspecified atom stereocenters. The third-order valence-electron chi connectivity index (χ3n) is 7.59. The summed E-state index contributed by atoms with van der Waals surface area (Å²) in [4.78, 5) is 31.0. The second kappa shape index (κ2) is 11.9. The molecule has 1 saturated heterocycles. The Bertz CT molecular complexity index is 1420. The van der Waals surface area contributed by atoms with E-state index in [1.165, 1.54) is 4.90 Å². The molecule has 4 rings (SSSR count). The van der Waals surface area contributed by atoms with Crippen molar-refractivity contribution in [2.75, 3.05) is 37.1 Å². The summed E-state index contributed by atoms with van der Waals surface area (Å²) < 4.78 is 10.9. The lowest BCUT2D eigenvalue weighted by Crippen LogP contribution is -2.29. The number of hydrogen-bond donors (Lipinski definition) is 1. The largest absolute Gasteiger partial charge is 0.507 e. The molecule has 1 aliphatic heterocycles. The zero-order chi connectivity index (χ0) is 29.1. The molecular weight excluding hydrogens is 504 g/mol. The van der Waals surface area contributed by atoms with E-state index in [1.807, 2.05) is 69.3 Å². The fraction of sp³-hybridized carbons (Fsp3) is 0.333. The smallest absolute Gasteiger partial charge is 0.300 e. The second-order valence-corrected chi connectivity index (χ2v) is 10.2. The van der Waals surface area contributed by atoms with Crippen molar-refractivity contribution in [1.29, 1.82) is 0 Å². The van der Waals surface area contributed by atoms with E-state index in [-0.39, 0.29) is 17.3 Å². The van der Waals surface area contributed by atoms with E-state index in [4.69, 9.17) is 9.47 Å². The van der Waals surface area contributed by atoms with Gasteiger partial charge in [0, 0.05) is 30.0 Å². The third-order valence-corrected chi connectivity index (χ3v) is 7.59. The van der Waals surface area contributed by atoms with Crippen LogP contribution in [0.4, 0.5) is 11.4 Å². The van der Waals surface area contributed by atoms with Gasteiger partial charge in [0.1, 0.15) is 17.3 Å². The molecule has 0 saturated carbocycles. The highest BCUT2D eigenvalue weighted by Gasteiger charge is 2.47. The lowest BCUT2D eigenvalue weighted by molar-refractivity contribution is -0.132. The Morgan fingerprint density at radius 3 is 2.10 bits per heavy atom. The van der Waals surface area contributed by atoms with Crippen LogP contribution in [0.1, 0.15) is 61.9 Å². The molecule has 40 heavy (non-hydrogen) atoms. The number of nitrogens with zero attached hydrogens (tertiary/aromatic N) is 2. The number of carbonyl (C=O) groups is 2. The number of methoxy groups -OCH3 is 2. The van der Waals surface area contributed by atoms with E-state index in [0.29, 0.717) is 28.3 Å². The van der Waals surface area contributed by atoms with Crippen LogP contribution in [-0.2, 0) is 9.59 Å². The Labute approximate surface area is 236 Å². The van der Waals surface area contributed by atoms with E-state index in [0.717, 1.165) is 29.9 Å². The molecule has 0 aliphatic carbocycles. The number of amides is 1. The lowest BCUT2D eigenvalue weighted by Gasteiger charge is -2.27. The molecule has 1 atom stereocenters. The monoisotopic (exact) mass is 542 g/mol. The van der Waals surface area contributed by atoms with E-state index in [1.54, 1.807) is 26.4 Å². The molecule has 7 nitrogen and oxygen atoms in total. The van der Waals surface area contributed by atoms with Crippen molar-refractivity contribution in [1.82, 2.24) is 0 Å². The molecule has 1 N–H and O–H groups in total. The first-order valence-electron chi connectivity index (χ1n) is 13.7. The summed E-state index contributed by atoms with van der Waals surface area (Å²) in [5, 5.41) is 11.7. The van der Waals surface area contributed by atoms with E-state index in [9.17, 15) is 14.7 Å². The van der Waals surface area contributed by atoms with Gasteiger partial charge in [-0.3, -0.25) is 14.5 Å². The van der Waals surface area contributed by atoms with E-state index >= 15 is 0 Å². The van der Waals surface area contributed by atoms with Gasteiger partial charge in [-0.05, 0) is 91.9 Å². The number of hydrogen-bond acceptors (Lipinski definition) is 6. The van der Waals surface area contributed by atoms with Crippen LogP contribution in [0.5, 0.6) is 11.5 Å². The number of ketones is 1. The number of benzene rings is 3. The zero-order valence-corrected chi connectivity index (χ0v) is 24.3. The van der Waals surface area contributed by atoms with Gasteiger partial charge in [-0.15, -0.1) is 0 Å². The van der Waals surface area contributed by atoms with Gasteiger partial charge in [-0.2, -0.15) is 0 Å². The van der Waals surface area contributed by atoms with Gasteiger partial charge >= 0.3 is 0 Å². The van der Waals surface area contributed by atoms with Gasteiger partial charge in [0.15, 0.2) is 0 Å². The maximum atomic E-state index is 13.7. The molecule has 1 fully saturated rings. The van der Waals surface area contributed by atoms with Crippen LogP contribution in [0, 0.1) is 6.92 Å². The Hall–Kier alpha value is -4.26. The predicted octanol–water partition coefficient (Wildman–Crippen LogP) is 6.61. The van der Waals surface area contributed by atoms with Crippen molar-refractivity contribution >= 4 is 28.8 Å². The van der Waals surface area contributed by atoms with Crippen LogP contribution in [0.15, 0.2) is 66.2 Å². The first kappa shape index (κ1) is 28.7. The topological polar surface area (TPSA) is 79.3 Å². The first-order chi connectivity index (χ1) is 19.2. The number of ether oxygens (including phenoxy) is 2. The number of carbonyl (C=O) groups excluding carboxylic acids is 2. The molecule has 1 amide bonds. The van der Waals surface area contributed by atoms with Gasteiger partial charge in [0.05, 0.1) is 25.8 Å². The van der Waals surface area contributed by atoms with Gasteiger partial charge in [0.2, 0.25) is 0 Å². The van der Waals surface area contributed by atoms with Crippen LogP contribution in [-0.4, -0.2) is 44.1 Å². The number of aryl methyl sites for hydroxylation is 1. The molecule has 3 aromatic rings. The fourth-order valence-electron chi connectivity index (χ4n) is 5.34. The van der Waals surface area contributed by atoms with Crippen LogP contribution >= 0.6 is 0 Å². The Balaban J connectivity index is 1.93. The molecule has 1 heterocycles. The van der Waals surface area contributed by atoms with Crippen molar-refractivity contribution in [3.8, 4) is 11.5 Å². The highest BCUT2D eigenvalue weighted by Crippen LogP contribution is 2.44. The van der Waals surface area contributed by atoms with Crippen molar-refractivity contribution in [2.45, 2.75) is 46.6 Å². The normalized spacial score (nSPS) is 16.5. The van der Waals surface area contributed by atoms with Crippen molar-refractivity contribution < 1.29 is 24.2 Å². The SMILES string of the molecule is CCN(CC)c1ccc(N2C(=O)C(=O)/C(=C(/O)c3cc(C(C)C)c(OC)cc3C)C2c2ccc(OC)cc2)cc1. The summed E-state index contributed by atoms with van der Waals surface area (Å²) >= 11 is 0. The van der Waals surface area contributed by atoms with Crippen molar-refractivity contribution in [2.24, 2.45) is 0 Å². The molecule has 210 valence electrons. The standard InChI is InChI=1S/C33H38N2O5/c1-8-34(9-2)23-12-14-24(15-13-23)35-30(22-10-16-25(39-6)17-11-22)29(32(37)33(35)38)31(36)27-19-26(20(3)4)28(40-7)18-21(27)5/h10-20,30,36H,8-9H2,1-7H3/b31-29+. The summed E-state index contributed by atoms with van der Waals surface area (Å²) in [6.07, 6.45) is 0. The number of aliphatic hydroxyl groups excluding tert-OH is 1. The van der Waals surface area contributed by atoms with Gasteiger partial charge in [-0.1, -0.05) is 26.0 Å². The fourth-order valence-corrected chi connectivity index (χ4v) is 5.34. The molecule has 0 spiro atoms. The van der Waals surface area contributed by atoms with Gasteiger partial charge in [0.25, 0.3) is 11.7 Å². The average Bonchev–Trinajstić information content (AvgIpc) is 3.23. The summed E-state index contributed by atoms with van der Waals surface area (Å²) in [6, 6.07) is 17.7. The number of rotatable bonds is 9. The summed E-state index contributed by atoms with van der Waals surface area (Å²) in [7, 11) is 3.19. The van der Waals surface area contributed by atoms with Crippen LogP contribution in [0.3, 0.4) is 0 Å². The Morgan fingerprint density at radius 2 is 1.57 bits per heavy atom. The summed E-state index contributed by atoms with van der Waals surface area (Å²) in [5.74, 6) is -0.142. The minimum atomic E-state index is -0.825. The van der Waals surface area contributed by atoms with Crippen molar-refractivity contribution in [3.63, 3.8) is 0 Å². The second-order valence-electron chi connectivity index (χ2n) is 10.2. The number of aliphatic hydroxyl groups is 1. The molecule has 7 heteroatoms. The van der Waals surface area contributed by atoms with Gasteiger partial charge in [-0.25, -0.2) is 0 Å². The molecular formula is C33H38N2O5. The van der Waals surface area contributed by atoms with Gasteiger partial charge < -0.3 is 19.5 Å². The number of Topliss-reactive ketones (excluding diaryl/α,β-unsaturated/α-hetero) is 1. The molecule has 0 bridgehead atoms. The Kier molecular flexibility index (Phi) is 8.52. The average molecular weight is 543 g/mol. The van der Waals surface area contributed by atoms with E-state index < -0.39 is 17.7 Å². The Morgan fingerprint density at radius 1 is 0.950 bits per heavy atom. The van der Waals surface area contributed by atoms with Crippen LogP contribution < -0.4 is 19.3 Å². The zero-order valence-electron chi connectivity index (χ0n) is 24.3. The predicted molar refractivity (Wildman–Crippen MR) is 160 cm³/mol. The first-order valence-corrected chi connectivity index (χ1v) is 13.7. The maximum Gasteiger partial charge on any atom is 0.300 e. The molecule has 3 aromatic carbocycles. The lowest BCUT2D eigenvalue weighted by atomic mass is 9.91. The third kappa shape index (κ3) is 5.16. The summed E-state index contributed by atoms with van der Waals surface area (Å²) in [6.45, 7) is 11.8. The maximum absolute atomic E-state index is 13.7. The highest BCUT2D eigenvalue weighted by atomic mass is 16.5. The molecule has 0 aromatic heterocycles. The van der Waals surface area contributed by atoms with Crippen molar-refractivity contribution in [3.05, 3.63) is 88.5 Å². The van der Waals surface area contributed by atoms with Crippen LogP contribution in [0.2, 0.25) is 0 Å². The molecule has 1 aliphatic rings. The minimum Gasteiger partial charge on any atom is -0.507 e. The van der Waals surface area contributed by atoms with E-state index in [2.05, 4.69) is 18.7 Å².